The lowest BCUT2D eigenvalue weighted by Crippen LogP contribution is -2.50. The molecule has 2 aromatic rings. The number of aromatic nitrogens is 1. The van der Waals surface area contributed by atoms with Gasteiger partial charge in [0.1, 0.15) is 0 Å². The quantitative estimate of drug-likeness (QED) is 0.750. The molecule has 1 spiro atoms. The molecule has 1 aromatic heterocycles. The molecular weight excluding hydrogens is 366 g/mol. The molecule has 2 fully saturated rings. The van der Waals surface area contributed by atoms with Crippen molar-refractivity contribution >= 4 is 16.8 Å². The maximum atomic E-state index is 13.2. The van der Waals surface area contributed by atoms with Gasteiger partial charge < -0.3 is 19.3 Å². The summed E-state index contributed by atoms with van der Waals surface area (Å²) < 4.78 is 11.5. The molecule has 29 heavy (non-hydrogen) atoms. The maximum Gasteiger partial charge on any atom is 0.255 e. The molecule has 2 atom stereocenters. The number of para-hydroxylation sites is 1. The second-order valence-electron chi connectivity index (χ2n) is 8.57. The molecule has 2 aliphatic heterocycles. The van der Waals surface area contributed by atoms with E-state index in [0.29, 0.717) is 18.0 Å². The van der Waals surface area contributed by atoms with Gasteiger partial charge in [-0.3, -0.25) is 9.78 Å². The van der Waals surface area contributed by atoms with Crippen LogP contribution in [0.2, 0.25) is 0 Å². The number of nitrogens with zero attached hydrogens (tertiary/aromatic N) is 3. The van der Waals surface area contributed by atoms with E-state index in [9.17, 15) is 4.79 Å². The van der Waals surface area contributed by atoms with Crippen molar-refractivity contribution in [1.29, 1.82) is 0 Å². The van der Waals surface area contributed by atoms with Gasteiger partial charge >= 0.3 is 0 Å². The minimum Gasteiger partial charge on any atom is -0.383 e. The number of carbonyl (C=O) groups is 1. The Morgan fingerprint density at radius 3 is 3.14 bits per heavy atom. The Bertz CT molecular complexity index is 858. The number of likely N-dealkylation sites (tertiary alicyclic amines) is 1. The first-order valence-corrected chi connectivity index (χ1v) is 10.5. The number of piperidine rings is 1. The second-order valence-corrected chi connectivity index (χ2v) is 8.57. The lowest BCUT2D eigenvalue weighted by Gasteiger charge is -2.40. The molecule has 2 saturated heterocycles. The van der Waals surface area contributed by atoms with Gasteiger partial charge in [-0.1, -0.05) is 18.2 Å². The highest BCUT2D eigenvalue weighted by molar-refractivity contribution is 5.97. The van der Waals surface area contributed by atoms with E-state index in [1.807, 2.05) is 35.2 Å². The Kier molecular flexibility index (Phi) is 6.13. The van der Waals surface area contributed by atoms with Crippen molar-refractivity contribution in [3.05, 3.63) is 42.1 Å². The van der Waals surface area contributed by atoms with Gasteiger partial charge in [0.25, 0.3) is 5.91 Å². The zero-order chi connectivity index (χ0) is 20.3. The summed E-state index contributed by atoms with van der Waals surface area (Å²) in [5.74, 6) is 0.570. The van der Waals surface area contributed by atoms with Gasteiger partial charge in [-0.05, 0) is 44.4 Å². The fraction of sp³-hybridized carbons (Fsp3) is 0.565. The third-order valence-corrected chi connectivity index (χ3v) is 6.20. The summed E-state index contributed by atoms with van der Waals surface area (Å²) in [6.07, 6.45) is 4.74. The normalized spacial score (nSPS) is 24.7. The van der Waals surface area contributed by atoms with Crippen molar-refractivity contribution in [2.75, 3.05) is 53.6 Å². The molecule has 6 nitrogen and oxygen atoms in total. The molecule has 0 saturated carbocycles. The molecule has 1 amide bonds. The summed E-state index contributed by atoms with van der Waals surface area (Å²) in [5.41, 5.74) is 1.39. The van der Waals surface area contributed by atoms with Gasteiger partial charge in [-0.2, -0.15) is 0 Å². The van der Waals surface area contributed by atoms with Crippen LogP contribution in [-0.2, 0) is 9.47 Å². The zero-order valence-corrected chi connectivity index (χ0v) is 17.5. The fourth-order valence-electron chi connectivity index (χ4n) is 4.76. The number of hydrogen-bond acceptors (Lipinski definition) is 5. The standard InChI is InChI=1S/C23H31N3O3/c1-25(10-11-28-2)15-18-13-23(29-16-18)8-5-9-26(17-23)22(27)20-12-19-6-3-4-7-21(19)24-14-20/h3-4,6-7,12,14,18H,5,8-11,13,15-17H2,1-2H3/t18-,23-/m1/s1. The SMILES string of the molecule is COCCN(C)C[C@@H]1CO[C@]2(CCCN(C(=O)c3cnc4ccccc4c3)C2)C1. The molecule has 0 bridgehead atoms. The van der Waals surface area contributed by atoms with Crippen LogP contribution in [0.15, 0.2) is 36.5 Å². The average Bonchev–Trinajstić information content (AvgIpc) is 3.12. The van der Waals surface area contributed by atoms with Gasteiger partial charge in [-0.15, -0.1) is 0 Å². The van der Waals surface area contributed by atoms with Gasteiger partial charge in [0, 0.05) is 44.9 Å². The van der Waals surface area contributed by atoms with Gasteiger partial charge in [0.15, 0.2) is 0 Å². The molecular formula is C23H31N3O3. The Balaban J connectivity index is 1.40. The van der Waals surface area contributed by atoms with E-state index in [1.165, 1.54) is 0 Å². The highest BCUT2D eigenvalue weighted by Crippen LogP contribution is 2.38. The third-order valence-electron chi connectivity index (χ3n) is 6.20. The van der Waals surface area contributed by atoms with Gasteiger partial charge in [-0.25, -0.2) is 0 Å². The van der Waals surface area contributed by atoms with E-state index in [2.05, 4.69) is 16.9 Å². The Morgan fingerprint density at radius 1 is 1.41 bits per heavy atom. The third kappa shape index (κ3) is 4.60. The van der Waals surface area contributed by atoms with Crippen LogP contribution in [0.5, 0.6) is 0 Å². The van der Waals surface area contributed by atoms with Crippen LogP contribution in [-0.4, -0.2) is 79.8 Å². The zero-order valence-electron chi connectivity index (χ0n) is 17.5. The molecule has 0 aliphatic carbocycles. The van der Waals surface area contributed by atoms with E-state index in [0.717, 1.165) is 63.0 Å². The van der Waals surface area contributed by atoms with Crippen LogP contribution in [0.3, 0.4) is 0 Å². The fourth-order valence-corrected chi connectivity index (χ4v) is 4.76. The molecule has 0 N–H and O–H groups in total. The minimum absolute atomic E-state index is 0.0617. The van der Waals surface area contributed by atoms with Crippen molar-refractivity contribution in [2.45, 2.75) is 24.9 Å². The van der Waals surface area contributed by atoms with E-state index in [4.69, 9.17) is 9.47 Å². The molecule has 0 unspecified atom stereocenters. The number of pyridine rings is 1. The lowest BCUT2D eigenvalue weighted by molar-refractivity contribution is -0.0450. The molecule has 0 radical (unpaired) electrons. The van der Waals surface area contributed by atoms with Gasteiger partial charge in [0.2, 0.25) is 0 Å². The Labute approximate surface area is 172 Å². The average molecular weight is 398 g/mol. The molecule has 1 aromatic carbocycles. The monoisotopic (exact) mass is 397 g/mol. The Hall–Kier alpha value is -2.02. The summed E-state index contributed by atoms with van der Waals surface area (Å²) in [4.78, 5) is 21.9. The largest absolute Gasteiger partial charge is 0.383 e. The molecule has 156 valence electrons. The van der Waals surface area contributed by atoms with Gasteiger partial charge in [0.05, 0.1) is 29.9 Å². The molecule has 4 rings (SSSR count). The van der Waals surface area contributed by atoms with Crippen LogP contribution in [0.1, 0.15) is 29.6 Å². The first-order valence-electron chi connectivity index (χ1n) is 10.5. The Morgan fingerprint density at radius 2 is 2.28 bits per heavy atom. The topological polar surface area (TPSA) is 54.9 Å². The second kappa shape index (κ2) is 8.78. The highest BCUT2D eigenvalue weighted by Gasteiger charge is 2.44. The molecule has 6 heteroatoms. The maximum absolute atomic E-state index is 13.2. The van der Waals surface area contributed by atoms with E-state index in [-0.39, 0.29) is 11.5 Å². The highest BCUT2D eigenvalue weighted by atomic mass is 16.5. The minimum atomic E-state index is -0.190. The number of ether oxygens (including phenoxy) is 2. The number of fused-ring (bicyclic) bond motifs is 1. The number of benzene rings is 1. The van der Waals surface area contributed by atoms with Crippen LogP contribution in [0.4, 0.5) is 0 Å². The van der Waals surface area contributed by atoms with Crippen molar-refractivity contribution in [3.8, 4) is 0 Å². The number of carbonyl (C=O) groups excluding carboxylic acids is 1. The molecule has 3 heterocycles. The molecule has 2 aliphatic rings. The predicted octanol–water partition coefficient (Wildman–Crippen LogP) is 2.82. The van der Waals surface area contributed by atoms with Crippen molar-refractivity contribution < 1.29 is 14.3 Å². The lowest BCUT2D eigenvalue weighted by atomic mass is 9.86. The van der Waals surface area contributed by atoms with E-state index < -0.39 is 0 Å². The van der Waals surface area contributed by atoms with Crippen molar-refractivity contribution in [1.82, 2.24) is 14.8 Å². The van der Waals surface area contributed by atoms with Crippen LogP contribution >= 0.6 is 0 Å². The first kappa shape index (κ1) is 20.3. The number of rotatable bonds is 6. The summed E-state index contributed by atoms with van der Waals surface area (Å²) >= 11 is 0. The van der Waals surface area contributed by atoms with Crippen molar-refractivity contribution in [3.63, 3.8) is 0 Å². The number of amides is 1. The van der Waals surface area contributed by atoms with E-state index >= 15 is 0 Å². The van der Waals surface area contributed by atoms with Crippen LogP contribution in [0, 0.1) is 5.92 Å². The predicted molar refractivity (Wildman–Crippen MR) is 113 cm³/mol. The van der Waals surface area contributed by atoms with Crippen molar-refractivity contribution in [2.24, 2.45) is 5.92 Å². The summed E-state index contributed by atoms with van der Waals surface area (Å²) in [7, 11) is 3.87. The number of methoxy groups -OCH3 is 1. The summed E-state index contributed by atoms with van der Waals surface area (Å²) in [6.45, 7) is 4.92. The number of hydrogen-bond donors (Lipinski definition) is 0. The summed E-state index contributed by atoms with van der Waals surface area (Å²) in [5, 5.41) is 1.00. The smallest absolute Gasteiger partial charge is 0.255 e. The number of likely N-dealkylation sites (N-methyl/N-ethyl adjacent to an activating group) is 1. The van der Waals surface area contributed by atoms with E-state index in [1.54, 1.807) is 13.3 Å². The van der Waals surface area contributed by atoms with Crippen LogP contribution in [0.25, 0.3) is 10.9 Å². The summed E-state index contributed by atoms with van der Waals surface area (Å²) in [6, 6.07) is 9.86. The first-order chi connectivity index (χ1) is 14.1. The van der Waals surface area contributed by atoms with Crippen LogP contribution < -0.4 is 0 Å².